The van der Waals surface area contributed by atoms with Gasteiger partial charge in [-0.2, -0.15) is 18.3 Å². The summed E-state index contributed by atoms with van der Waals surface area (Å²) in [5.74, 6) is -2.84. The minimum atomic E-state index is -5.08. The van der Waals surface area contributed by atoms with Crippen molar-refractivity contribution in [3.05, 3.63) is 42.1 Å². The zero-order valence-electron chi connectivity index (χ0n) is 15.9. The van der Waals surface area contributed by atoms with E-state index in [0.29, 0.717) is 18.3 Å². The molecule has 3 rings (SSSR count). The highest BCUT2D eigenvalue weighted by molar-refractivity contribution is 5.93. The highest BCUT2D eigenvalue weighted by Gasteiger charge is 2.38. The molecule has 1 aromatic carbocycles. The molecule has 1 aliphatic heterocycles. The lowest BCUT2D eigenvalue weighted by molar-refractivity contribution is -0.192. The number of aromatic nitrogens is 2. The predicted molar refractivity (Wildman–Crippen MR) is 100 cm³/mol. The number of carboxylic acids is 1. The van der Waals surface area contributed by atoms with Crippen molar-refractivity contribution in [1.29, 1.82) is 0 Å². The van der Waals surface area contributed by atoms with Crippen LogP contribution in [0.15, 0.2) is 36.4 Å². The molecule has 0 spiro atoms. The zero-order valence-corrected chi connectivity index (χ0v) is 15.9. The average Bonchev–Trinajstić information content (AvgIpc) is 3.32. The third kappa shape index (κ3) is 6.90. The van der Waals surface area contributed by atoms with E-state index in [9.17, 15) is 18.0 Å². The number of carbonyl (C=O) groups excluding carboxylic acids is 1. The van der Waals surface area contributed by atoms with Gasteiger partial charge in [-0.15, -0.1) is 0 Å². The maximum Gasteiger partial charge on any atom is 0.490 e. The van der Waals surface area contributed by atoms with Crippen LogP contribution in [-0.4, -0.2) is 64.4 Å². The van der Waals surface area contributed by atoms with Gasteiger partial charge in [-0.05, 0) is 38.9 Å². The van der Waals surface area contributed by atoms with Crippen molar-refractivity contribution in [2.75, 3.05) is 20.1 Å². The van der Waals surface area contributed by atoms with Gasteiger partial charge in [-0.25, -0.2) is 4.79 Å². The third-order valence-corrected chi connectivity index (χ3v) is 4.57. The molecule has 0 bridgehead atoms. The molecule has 1 aliphatic rings. The van der Waals surface area contributed by atoms with Crippen LogP contribution < -0.4 is 5.32 Å². The number of amides is 1. The van der Waals surface area contributed by atoms with Crippen LogP contribution in [0.4, 0.5) is 13.2 Å². The number of benzene rings is 1. The van der Waals surface area contributed by atoms with Crippen molar-refractivity contribution in [2.24, 2.45) is 0 Å². The fourth-order valence-corrected chi connectivity index (χ4v) is 2.99. The van der Waals surface area contributed by atoms with E-state index in [4.69, 9.17) is 9.90 Å². The normalized spacial score (nSPS) is 16.8. The van der Waals surface area contributed by atoms with Gasteiger partial charge in [0.2, 0.25) is 0 Å². The summed E-state index contributed by atoms with van der Waals surface area (Å²) in [6.07, 6.45) is -1.59. The van der Waals surface area contributed by atoms with E-state index in [0.717, 1.165) is 17.7 Å². The molecule has 3 N–H and O–H groups in total. The van der Waals surface area contributed by atoms with Crippen LogP contribution in [0.3, 0.4) is 0 Å². The second-order valence-electron chi connectivity index (χ2n) is 6.66. The summed E-state index contributed by atoms with van der Waals surface area (Å²) in [6, 6.07) is 12.2. The molecule has 0 saturated carbocycles. The third-order valence-electron chi connectivity index (χ3n) is 4.57. The van der Waals surface area contributed by atoms with Crippen LogP contribution >= 0.6 is 0 Å². The minimum absolute atomic E-state index is 0.0877. The number of alkyl halides is 3. The van der Waals surface area contributed by atoms with E-state index in [-0.39, 0.29) is 5.91 Å². The average molecular weight is 412 g/mol. The second kappa shape index (κ2) is 10.1. The molecule has 10 heteroatoms. The molecule has 1 unspecified atom stereocenters. The molecule has 1 fully saturated rings. The summed E-state index contributed by atoms with van der Waals surface area (Å²) < 4.78 is 31.7. The molecule has 0 aliphatic carbocycles. The van der Waals surface area contributed by atoms with Gasteiger partial charge in [0.25, 0.3) is 5.91 Å². The van der Waals surface area contributed by atoms with Crippen molar-refractivity contribution in [3.8, 4) is 11.3 Å². The van der Waals surface area contributed by atoms with Gasteiger partial charge in [-0.3, -0.25) is 9.89 Å². The molecule has 2 heterocycles. The number of aliphatic carboxylic acids is 1. The van der Waals surface area contributed by atoms with Crippen LogP contribution in [0, 0.1) is 0 Å². The fourth-order valence-electron chi connectivity index (χ4n) is 2.99. The monoisotopic (exact) mass is 412 g/mol. The molecular formula is C19H23F3N4O3. The minimum Gasteiger partial charge on any atom is -0.475 e. The molecular weight excluding hydrogens is 389 g/mol. The molecule has 29 heavy (non-hydrogen) atoms. The lowest BCUT2D eigenvalue weighted by atomic mass is 10.1. The van der Waals surface area contributed by atoms with Gasteiger partial charge in [0.15, 0.2) is 0 Å². The van der Waals surface area contributed by atoms with E-state index in [1.54, 1.807) is 6.07 Å². The molecule has 158 valence electrons. The second-order valence-corrected chi connectivity index (χ2v) is 6.66. The Balaban J connectivity index is 0.000000370. The highest BCUT2D eigenvalue weighted by Crippen LogP contribution is 2.18. The van der Waals surface area contributed by atoms with Crippen LogP contribution in [0.25, 0.3) is 11.3 Å². The Morgan fingerprint density at radius 1 is 1.31 bits per heavy atom. The largest absolute Gasteiger partial charge is 0.490 e. The van der Waals surface area contributed by atoms with Gasteiger partial charge in [-0.1, -0.05) is 30.3 Å². The number of likely N-dealkylation sites (tertiary alicyclic amines) is 1. The van der Waals surface area contributed by atoms with E-state index in [1.807, 2.05) is 30.3 Å². The van der Waals surface area contributed by atoms with Crippen molar-refractivity contribution < 1.29 is 27.9 Å². The van der Waals surface area contributed by atoms with Crippen LogP contribution in [-0.2, 0) is 4.79 Å². The number of nitrogens with one attached hydrogen (secondary N) is 2. The predicted octanol–water partition coefficient (Wildman–Crippen LogP) is 2.92. The van der Waals surface area contributed by atoms with Crippen LogP contribution in [0.5, 0.6) is 0 Å². The maximum absolute atomic E-state index is 12.1. The summed E-state index contributed by atoms with van der Waals surface area (Å²) >= 11 is 0. The van der Waals surface area contributed by atoms with Gasteiger partial charge >= 0.3 is 12.1 Å². The standard InChI is InChI=1S/C17H22N4O.C2HF3O2/c1-21-11-5-8-14(21)9-10-18-17(22)16-12-15(19-20-16)13-6-3-2-4-7-13;3-2(4,5)1(6)7/h2-4,6-7,12,14H,5,8-11H2,1H3,(H,18,22)(H,19,20);(H,6,7). The van der Waals surface area contributed by atoms with Gasteiger partial charge < -0.3 is 15.3 Å². The van der Waals surface area contributed by atoms with Crippen molar-refractivity contribution in [3.63, 3.8) is 0 Å². The Labute approximate surface area is 165 Å². The van der Waals surface area contributed by atoms with E-state index < -0.39 is 12.1 Å². The number of aromatic amines is 1. The fraction of sp³-hybridized carbons (Fsp3) is 0.421. The van der Waals surface area contributed by atoms with Gasteiger partial charge in [0.1, 0.15) is 5.69 Å². The number of hydrogen-bond acceptors (Lipinski definition) is 4. The van der Waals surface area contributed by atoms with Crippen LogP contribution in [0.1, 0.15) is 29.8 Å². The number of nitrogens with zero attached hydrogens (tertiary/aromatic N) is 2. The molecule has 7 nitrogen and oxygen atoms in total. The van der Waals surface area contributed by atoms with Crippen LogP contribution in [0.2, 0.25) is 0 Å². The number of halogens is 3. The van der Waals surface area contributed by atoms with E-state index in [1.165, 1.54) is 19.4 Å². The number of carbonyl (C=O) groups is 2. The van der Waals surface area contributed by atoms with Crippen molar-refractivity contribution >= 4 is 11.9 Å². The Kier molecular flexibility index (Phi) is 7.77. The van der Waals surface area contributed by atoms with E-state index >= 15 is 0 Å². The Morgan fingerprint density at radius 3 is 2.52 bits per heavy atom. The first-order valence-corrected chi connectivity index (χ1v) is 9.08. The Bertz CT molecular complexity index is 809. The number of rotatable bonds is 5. The first-order chi connectivity index (χ1) is 13.7. The quantitative estimate of drug-likeness (QED) is 0.702. The Hall–Kier alpha value is -2.88. The molecule has 2 aromatic rings. The summed E-state index contributed by atoms with van der Waals surface area (Å²) in [6.45, 7) is 1.87. The first kappa shape index (κ1) is 22.4. The van der Waals surface area contributed by atoms with E-state index in [2.05, 4.69) is 27.5 Å². The maximum atomic E-state index is 12.1. The number of carboxylic acid groups (broad SMARTS) is 1. The summed E-state index contributed by atoms with van der Waals surface area (Å²) in [7, 11) is 2.15. The SMILES string of the molecule is CN1CCCC1CCNC(=O)c1cc(-c2ccccc2)n[nH]1.O=C(O)C(F)(F)F. The van der Waals surface area contributed by atoms with Crippen molar-refractivity contribution in [2.45, 2.75) is 31.5 Å². The van der Waals surface area contributed by atoms with Gasteiger partial charge in [0, 0.05) is 18.2 Å². The summed E-state index contributed by atoms with van der Waals surface area (Å²) in [5, 5.41) is 17.1. The number of hydrogen-bond donors (Lipinski definition) is 3. The molecule has 0 radical (unpaired) electrons. The van der Waals surface area contributed by atoms with Gasteiger partial charge in [0.05, 0.1) is 5.69 Å². The zero-order chi connectivity index (χ0) is 21.4. The molecule has 1 atom stereocenters. The Morgan fingerprint density at radius 2 is 1.97 bits per heavy atom. The highest BCUT2D eigenvalue weighted by atomic mass is 19.4. The number of H-pyrrole nitrogens is 1. The molecule has 1 aromatic heterocycles. The molecule has 1 saturated heterocycles. The first-order valence-electron chi connectivity index (χ1n) is 9.08. The van der Waals surface area contributed by atoms with Crippen molar-refractivity contribution in [1.82, 2.24) is 20.4 Å². The lowest BCUT2D eigenvalue weighted by Crippen LogP contribution is -2.31. The smallest absolute Gasteiger partial charge is 0.475 e. The lowest BCUT2D eigenvalue weighted by Gasteiger charge is -2.19. The molecule has 1 amide bonds. The summed E-state index contributed by atoms with van der Waals surface area (Å²) in [5.41, 5.74) is 2.31. The summed E-state index contributed by atoms with van der Waals surface area (Å²) in [4.78, 5) is 23.4. The topological polar surface area (TPSA) is 98.3 Å².